The van der Waals surface area contributed by atoms with Crippen molar-refractivity contribution in [1.29, 1.82) is 0 Å². The third-order valence-corrected chi connectivity index (χ3v) is 7.60. The van der Waals surface area contributed by atoms with E-state index in [1.807, 2.05) is 42.5 Å². The number of hydrogen-bond donors (Lipinski definition) is 1. The standard InChI is InChI=1S/C27H24N4O7S/c1-37-21-14-15-23(25(16-21)38-2)30(39(35,36)26-13-6-5-12-24(26)31(33)34)18-27(32)29-28-17-20-10-7-9-19-8-3-4-11-22(19)20/h3-17H,18H2,1-2H3,(H,29,32)/b28-17+. The van der Waals surface area contributed by atoms with Crippen molar-refractivity contribution in [1.82, 2.24) is 5.43 Å². The van der Waals surface area contributed by atoms with Gasteiger partial charge in [-0.05, 0) is 29.0 Å². The van der Waals surface area contributed by atoms with Crippen LogP contribution in [0.25, 0.3) is 10.8 Å². The lowest BCUT2D eigenvalue weighted by Crippen LogP contribution is -2.40. The molecule has 0 saturated carbocycles. The van der Waals surface area contributed by atoms with Crippen molar-refractivity contribution in [2.24, 2.45) is 5.10 Å². The minimum Gasteiger partial charge on any atom is -0.497 e. The Hall–Kier alpha value is -4.97. The van der Waals surface area contributed by atoms with Gasteiger partial charge in [0.05, 0.1) is 31.0 Å². The molecule has 1 N–H and O–H groups in total. The fourth-order valence-corrected chi connectivity index (χ4v) is 5.53. The second-order valence-electron chi connectivity index (χ2n) is 8.14. The Labute approximate surface area is 224 Å². The zero-order chi connectivity index (χ0) is 28.0. The number of carbonyl (C=O) groups excluding carboxylic acids is 1. The number of ether oxygens (including phenoxy) is 2. The molecule has 4 aromatic rings. The predicted molar refractivity (Wildman–Crippen MR) is 147 cm³/mol. The van der Waals surface area contributed by atoms with Gasteiger partial charge in [0.15, 0.2) is 4.90 Å². The highest BCUT2D eigenvalue weighted by Gasteiger charge is 2.34. The van der Waals surface area contributed by atoms with Gasteiger partial charge in [-0.2, -0.15) is 5.10 Å². The normalized spacial score (nSPS) is 11.3. The number of nitrogens with zero attached hydrogens (tertiary/aromatic N) is 3. The molecule has 0 fully saturated rings. The third kappa shape index (κ3) is 5.80. The number of amides is 1. The molecule has 12 heteroatoms. The summed E-state index contributed by atoms with van der Waals surface area (Å²) in [5.41, 5.74) is 2.43. The number of anilines is 1. The number of fused-ring (bicyclic) bond motifs is 1. The van der Waals surface area contributed by atoms with Crippen LogP contribution in [0.4, 0.5) is 11.4 Å². The molecule has 0 atom stereocenters. The highest BCUT2D eigenvalue weighted by atomic mass is 32.2. The van der Waals surface area contributed by atoms with Gasteiger partial charge >= 0.3 is 0 Å². The molecule has 0 aliphatic heterocycles. The third-order valence-electron chi connectivity index (χ3n) is 5.79. The Morgan fingerprint density at radius 3 is 2.46 bits per heavy atom. The number of methoxy groups -OCH3 is 2. The van der Waals surface area contributed by atoms with Gasteiger partial charge in [-0.3, -0.25) is 19.2 Å². The van der Waals surface area contributed by atoms with Crippen LogP contribution in [0.15, 0.2) is 94.9 Å². The zero-order valence-corrected chi connectivity index (χ0v) is 21.8. The summed E-state index contributed by atoms with van der Waals surface area (Å²) in [5, 5.41) is 17.5. The highest BCUT2D eigenvalue weighted by Crippen LogP contribution is 2.37. The predicted octanol–water partition coefficient (Wildman–Crippen LogP) is 4.11. The molecule has 0 aliphatic rings. The summed E-state index contributed by atoms with van der Waals surface area (Å²) in [6, 6.07) is 22.5. The van der Waals surface area contributed by atoms with Crippen LogP contribution in [0, 0.1) is 10.1 Å². The van der Waals surface area contributed by atoms with E-state index in [1.165, 1.54) is 50.8 Å². The molecule has 4 rings (SSSR count). The summed E-state index contributed by atoms with van der Waals surface area (Å²) >= 11 is 0. The first kappa shape index (κ1) is 27.1. The summed E-state index contributed by atoms with van der Waals surface area (Å²) in [6.45, 7) is -0.746. The Balaban J connectivity index is 1.69. The number of nitro groups is 1. The molecule has 0 radical (unpaired) electrons. The molecule has 1 amide bonds. The average molecular weight is 549 g/mol. The van der Waals surface area contributed by atoms with E-state index in [1.54, 1.807) is 0 Å². The van der Waals surface area contributed by atoms with Crippen molar-refractivity contribution in [2.75, 3.05) is 25.1 Å². The molecule has 0 bridgehead atoms. The quantitative estimate of drug-likeness (QED) is 0.179. The van der Waals surface area contributed by atoms with Crippen LogP contribution in [0.5, 0.6) is 11.5 Å². The number of nitrogens with one attached hydrogen (secondary N) is 1. The number of carbonyl (C=O) groups is 1. The van der Waals surface area contributed by atoms with Crippen LogP contribution in [-0.4, -0.2) is 46.2 Å². The average Bonchev–Trinajstić information content (AvgIpc) is 2.95. The number of rotatable bonds is 10. The lowest BCUT2D eigenvalue weighted by Gasteiger charge is -2.25. The summed E-state index contributed by atoms with van der Waals surface area (Å²) in [6.07, 6.45) is 1.45. The number of sulfonamides is 1. The van der Waals surface area contributed by atoms with Crippen LogP contribution >= 0.6 is 0 Å². The van der Waals surface area contributed by atoms with Crippen LogP contribution < -0.4 is 19.2 Å². The van der Waals surface area contributed by atoms with E-state index in [-0.39, 0.29) is 11.4 Å². The van der Waals surface area contributed by atoms with Gasteiger partial charge in [-0.1, -0.05) is 54.6 Å². The molecular formula is C27H24N4O7S. The molecule has 0 heterocycles. The Kier molecular flexibility index (Phi) is 8.06. The van der Waals surface area contributed by atoms with Gasteiger partial charge in [0, 0.05) is 17.7 Å². The van der Waals surface area contributed by atoms with Crippen molar-refractivity contribution >= 4 is 44.3 Å². The van der Waals surface area contributed by atoms with Crippen LogP contribution in [0.3, 0.4) is 0 Å². The summed E-state index contributed by atoms with van der Waals surface area (Å²) < 4.78 is 38.8. The molecule has 0 aliphatic carbocycles. The van der Waals surface area contributed by atoms with E-state index in [0.717, 1.165) is 32.8 Å². The molecule has 0 spiro atoms. The van der Waals surface area contributed by atoms with Gasteiger partial charge in [-0.15, -0.1) is 0 Å². The van der Waals surface area contributed by atoms with Crippen molar-refractivity contribution < 1.29 is 27.6 Å². The van der Waals surface area contributed by atoms with Gasteiger partial charge in [0.1, 0.15) is 18.0 Å². The number of hydrogen-bond acceptors (Lipinski definition) is 8. The van der Waals surface area contributed by atoms with Gasteiger partial charge in [-0.25, -0.2) is 13.8 Å². The molecule has 11 nitrogen and oxygen atoms in total. The van der Waals surface area contributed by atoms with E-state index in [2.05, 4.69) is 10.5 Å². The van der Waals surface area contributed by atoms with E-state index in [4.69, 9.17) is 9.47 Å². The first-order valence-electron chi connectivity index (χ1n) is 11.5. The first-order chi connectivity index (χ1) is 18.8. The van der Waals surface area contributed by atoms with E-state index in [9.17, 15) is 23.3 Å². The maximum Gasteiger partial charge on any atom is 0.289 e. The number of nitro benzene ring substituents is 1. The van der Waals surface area contributed by atoms with Crippen molar-refractivity contribution in [3.63, 3.8) is 0 Å². The van der Waals surface area contributed by atoms with E-state index >= 15 is 0 Å². The van der Waals surface area contributed by atoms with Crippen LogP contribution in [-0.2, 0) is 14.8 Å². The molecular weight excluding hydrogens is 524 g/mol. The van der Waals surface area contributed by atoms with Crippen LogP contribution in [0.2, 0.25) is 0 Å². The highest BCUT2D eigenvalue weighted by molar-refractivity contribution is 7.93. The molecule has 0 aromatic heterocycles. The maximum atomic E-state index is 13.8. The van der Waals surface area contributed by atoms with Crippen molar-refractivity contribution in [3.8, 4) is 11.5 Å². The van der Waals surface area contributed by atoms with Gasteiger partial charge < -0.3 is 9.47 Å². The van der Waals surface area contributed by atoms with Crippen molar-refractivity contribution in [2.45, 2.75) is 4.90 Å². The fourth-order valence-electron chi connectivity index (χ4n) is 3.94. The smallest absolute Gasteiger partial charge is 0.289 e. The van der Waals surface area contributed by atoms with Gasteiger partial charge in [0.2, 0.25) is 0 Å². The minimum atomic E-state index is -4.62. The minimum absolute atomic E-state index is 0.0235. The summed E-state index contributed by atoms with van der Waals surface area (Å²) in [4.78, 5) is 23.2. The zero-order valence-electron chi connectivity index (χ0n) is 21.0. The molecule has 0 saturated heterocycles. The summed E-state index contributed by atoms with van der Waals surface area (Å²) in [7, 11) is -1.87. The second kappa shape index (κ2) is 11.6. The van der Waals surface area contributed by atoms with E-state index < -0.39 is 38.0 Å². The van der Waals surface area contributed by atoms with Gasteiger partial charge in [0.25, 0.3) is 21.6 Å². The second-order valence-corrected chi connectivity index (χ2v) is 9.97. The fraction of sp³-hybridized carbons (Fsp3) is 0.111. The largest absolute Gasteiger partial charge is 0.497 e. The Bertz CT molecular complexity index is 1670. The monoisotopic (exact) mass is 548 g/mol. The number of para-hydroxylation sites is 1. The SMILES string of the molecule is COc1ccc(N(CC(=O)N/N=C/c2cccc3ccccc23)S(=O)(=O)c2ccccc2[N+](=O)[O-])c(OC)c1. The molecule has 0 unspecified atom stereocenters. The van der Waals surface area contributed by atoms with E-state index in [0.29, 0.717) is 5.75 Å². The Morgan fingerprint density at radius 2 is 1.72 bits per heavy atom. The topological polar surface area (TPSA) is 140 Å². The van der Waals surface area contributed by atoms with Crippen molar-refractivity contribution in [3.05, 3.63) is 101 Å². The molecule has 39 heavy (non-hydrogen) atoms. The number of benzene rings is 4. The number of hydrazone groups is 1. The maximum absolute atomic E-state index is 13.8. The lowest BCUT2D eigenvalue weighted by atomic mass is 10.1. The summed E-state index contributed by atoms with van der Waals surface area (Å²) in [5.74, 6) is -0.335. The molecule has 4 aromatic carbocycles. The molecule has 200 valence electrons. The Morgan fingerprint density at radius 1 is 1.00 bits per heavy atom. The lowest BCUT2D eigenvalue weighted by molar-refractivity contribution is -0.387. The van der Waals surface area contributed by atoms with Crippen LogP contribution in [0.1, 0.15) is 5.56 Å². The first-order valence-corrected chi connectivity index (χ1v) is 13.0.